The third-order valence-corrected chi connectivity index (χ3v) is 9.68. The molecule has 4 fully saturated rings. The maximum atomic E-state index is 12.1. The first-order chi connectivity index (χ1) is 13.1. The van der Waals surface area contributed by atoms with Gasteiger partial charge in [0.05, 0.1) is 11.7 Å². The lowest BCUT2D eigenvalue weighted by atomic mass is 9.43. The molecule has 0 radical (unpaired) electrons. The summed E-state index contributed by atoms with van der Waals surface area (Å²) in [5, 5.41) is 34.0. The smallest absolute Gasteiger partial charge is 0.206 e. The number of nitrogens with one attached hydrogen (secondary N) is 2. The van der Waals surface area contributed by atoms with E-state index in [0.717, 1.165) is 63.5 Å². The number of guanidine groups is 1. The van der Waals surface area contributed by atoms with Gasteiger partial charge in [-0.15, -0.1) is 0 Å². The number of fused-ring (bicyclic) bond motifs is 5. The molecule has 0 aromatic carbocycles. The van der Waals surface area contributed by atoms with Crippen molar-refractivity contribution in [2.45, 2.75) is 90.3 Å². The van der Waals surface area contributed by atoms with Crippen LogP contribution in [0.15, 0.2) is 5.10 Å². The molecule has 0 aliphatic heterocycles. The standard InChI is InChI=1S/C22H38N4O2/c1-13(25-26-19(23)24)16-8-11-22(28)18-5-4-14-12-15(27)6-9-20(14,2)17(18)7-10-21(16,22)3/h14-18,27-28H,4-12H2,1-3H3,(H4,23,24,26)/b25-13-/t14?,15?,16-,17+,18-,20+,21-,22-/m1/s1. The molecule has 28 heavy (non-hydrogen) atoms. The van der Waals surface area contributed by atoms with Gasteiger partial charge in [0.25, 0.3) is 0 Å². The number of rotatable bonds is 2. The minimum atomic E-state index is -0.641. The van der Waals surface area contributed by atoms with Crippen molar-refractivity contribution in [1.82, 2.24) is 5.43 Å². The van der Waals surface area contributed by atoms with E-state index in [-0.39, 0.29) is 28.8 Å². The van der Waals surface area contributed by atoms with Crippen molar-refractivity contribution in [2.75, 3.05) is 0 Å². The van der Waals surface area contributed by atoms with E-state index in [1.165, 1.54) is 0 Å². The Bertz CT molecular complexity index is 681. The fourth-order valence-electron chi connectivity index (χ4n) is 8.10. The molecule has 6 N–H and O–H groups in total. The lowest BCUT2D eigenvalue weighted by Crippen LogP contribution is -2.62. The van der Waals surface area contributed by atoms with E-state index >= 15 is 0 Å². The van der Waals surface area contributed by atoms with Crippen LogP contribution in [0, 0.1) is 39.9 Å². The van der Waals surface area contributed by atoms with Crippen LogP contribution in [-0.4, -0.2) is 33.6 Å². The molecule has 4 aliphatic carbocycles. The molecule has 0 spiro atoms. The second-order valence-corrected chi connectivity index (χ2v) is 10.7. The summed E-state index contributed by atoms with van der Waals surface area (Å²) in [7, 11) is 0. The molecule has 0 aromatic rings. The average Bonchev–Trinajstić information content (AvgIpc) is 2.92. The normalized spacial score (nSPS) is 51.0. The molecular formula is C22H38N4O2. The average molecular weight is 391 g/mol. The van der Waals surface area contributed by atoms with Crippen molar-refractivity contribution in [3.8, 4) is 0 Å². The monoisotopic (exact) mass is 390 g/mol. The highest BCUT2D eigenvalue weighted by Crippen LogP contribution is 2.69. The van der Waals surface area contributed by atoms with Crippen LogP contribution in [0.25, 0.3) is 0 Å². The number of nitrogens with two attached hydrogens (primary N) is 1. The number of aliphatic hydroxyl groups excluding tert-OH is 1. The van der Waals surface area contributed by atoms with Gasteiger partial charge < -0.3 is 15.9 Å². The molecule has 6 heteroatoms. The Balaban J connectivity index is 1.61. The fourth-order valence-corrected chi connectivity index (χ4v) is 8.10. The van der Waals surface area contributed by atoms with E-state index in [1.807, 2.05) is 6.92 Å². The van der Waals surface area contributed by atoms with Crippen LogP contribution < -0.4 is 11.2 Å². The van der Waals surface area contributed by atoms with Crippen LogP contribution in [0.3, 0.4) is 0 Å². The van der Waals surface area contributed by atoms with Gasteiger partial charge in [0.15, 0.2) is 0 Å². The lowest BCUT2D eigenvalue weighted by Gasteiger charge is -2.63. The molecule has 0 bridgehead atoms. The highest BCUT2D eigenvalue weighted by molar-refractivity contribution is 5.87. The van der Waals surface area contributed by atoms with E-state index < -0.39 is 5.60 Å². The predicted molar refractivity (Wildman–Crippen MR) is 111 cm³/mol. The molecule has 0 saturated heterocycles. The molecule has 158 valence electrons. The largest absolute Gasteiger partial charge is 0.393 e. The second kappa shape index (κ2) is 6.69. The Labute approximate surface area is 168 Å². The van der Waals surface area contributed by atoms with Crippen LogP contribution in [0.2, 0.25) is 0 Å². The zero-order valence-electron chi connectivity index (χ0n) is 17.7. The zero-order valence-corrected chi connectivity index (χ0v) is 17.7. The van der Waals surface area contributed by atoms with Crippen LogP contribution >= 0.6 is 0 Å². The third-order valence-electron chi connectivity index (χ3n) is 9.68. The van der Waals surface area contributed by atoms with E-state index in [2.05, 4.69) is 24.4 Å². The quantitative estimate of drug-likeness (QED) is 0.283. The fraction of sp³-hybridized carbons (Fsp3) is 0.909. The van der Waals surface area contributed by atoms with Crippen LogP contribution in [-0.2, 0) is 0 Å². The summed E-state index contributed by atoms with van der Waals surface area (Å²) < 4.78 is 0. The maximum absolute atomic E-state index is 12.1. The van der Waals surface area contributed by atoms with Crippen molar-refractivity contribution in [3.63, 3.8) is 0 Å². The first kappa shape index (κ1) is 20.1. The lowest BCUT2D eigenvalue weighted by molar-refractivity contribution is -0.206. The second-order valence-electron chi connectivity index (χ2n) is 10.7. The summed E-state index contributed by atoms with van der Waals surface area (Å²) >= 11 is 0. The van der Waals surface area contributed by atoms with E-state index in [9.17, 15) is 10.2 Å². The Morgan fingerprint density at radius 2 is 1.82 bits per heavy atom. The Kier molecular flexibility index (Phi) is 4.82. The number of hydrogen-bond donors (Lipinski definition) is 5. The number of nitrogens with zero attached hydrogens (tertiary/aromatic N) is 1. The van der Waals surface area contributed by atoms with E-state index in [4.69, 9.17) is 11.1 Å². The first-order valence-electron chi connectivity index (χ1n) is 11.2. The van der Waals surface area contributed by atoms with E-state index in [1.54, 1.807) is 0 Å². The van der Waals surface area contributed by atoms with Gasteiger partial charge in [-0.05, 0) is 87.9 Å². The van der Waals surface area contributed by atoms with Crippen LogP contribution in [0.1, 0.15) is 78.6 Å². The minimum absolute atomic E-state index is 0.130. The summed E-state index contributed by atoms with van der Waals surface area (Å²) in [6, 6.07) is 0. The predicted octanol–water partition coefficient (Wildman–Crippen LogP) is 2.98. The molecule has 4 aliphatic rings. The molecule has 8 atom stereocenters. The molecule has 0 aromatic heterocycles. The number of hydrazone groups is 1. The summed E-state index contributed by atoms with van der Waals surface area (Å²) in [5.41, 5.74) is 8.40. The van der Waals surface area contributed by atoms with Crippen LogP contribution in [0.4, 0.5) is 0 Å². The summed E-state index contributed by atoms with van der Waals surface area (Å²) in [4.78, 5) is 0. The van der Waals surface area contributed by atoms with Gasteiger partial charge in [0, 0.05) is 17.0 Å². The van der Waals surface area contributed by atoms with Crippen molar-refractivity contribution < 1.29 is 10.2 Å². The van der Waals surface area contributed by atoms with Gasteiger partial charge in [0.2, 0.25) is 5.96 Å². The Hall–Kier alpha value is -1.14. The highest BCUT2D eigenvalue weighted by Gasteiger charge is 2.67. The summed E-state index contributed by atoms with van der Waals surface area (Å²) in [6.07, 6.45) is 9.01. The van der Waals surface area contributed by atoms with Crippen molar-refractivity contribution in [1.29, 1.82) is 5.41 Å². The van der Waals surface area contributed by atoms with Crippen molar-refractivity contribution in [2.24, 2.45) is 45.3 Å². The Morgan fingerprint density at radius 1 is 1.07 bits per heavy atom. The van der Waals surface area contributed by atoms with E-state index in [0.29, 0.717) is 17.8 Å². The topological polar surface area (TPSA) is 115 Å². The van der Waals surface area contributed by atoms with Gasteiger partial charge in [0.1, 0.15) is 0 Å². The molecule has 4 saturated carbocycles. The minimum Gasteiger partial charge on any atom is -0.393 e. The maximum Gasteiger partial charge on any atom is 0.206 e. The molecule has 0 heterocycles. The highest BCUT2D eigenvalue weighted by atomic mass is 16.3. The van der Waals surface area contributed by atoms with Gasteiger partial charge in [-0.25, -0.2) is 5.43 Å². The number of hydrogen-bond acceptors (Lipinski definition) is 4. The van der Waals surface area contributed by atoms with Gasteiger partial charge >= 0.3 is 0 Å². The number of aliphatic hydroxyl groups is 2. The molecule has 0 amide bonds. The third kappa shape index (κ3) is 2.74. The van der Waals surface area contributed by atoms with Crippen LogP contribution in [0.5, 0.6) is 0 Å². The summed E-state index contributed by atoms with van der Waals surface area (Å²) in [6.45, 7) is 6.72. The Morgan fingerprint density at radius 3 is 2.54 bits per heavy atom. The van der Waals surface area contributed by atoms with Crippen molar-refractivity contribution >= 4 is 11.7 Å². The van der Waals surface area contributed by atoms with Gasteiger partial charge in [-0.2, -0.15) is 5.10 Å². The molecule has 2 unspecified atom stereocenters. The van der Waals surface area contributed by atoms with Crippen molar-refractivity contribution in [3.05, 3.63) is 0 Å². The molecule has 4 rings (SSSR count). The van der Waals surface area contributed by atoms with Gasteiger partial charge in [-0.1, -0.05) is 13.8 Å². The van der Waals surface area contributed by atoms with Gasteiger partial charge in [-0.3, -0.25) is 5.41 Å². The molecular weight excluding hydrogens is 352 g/mol. The SMILES string of the molecule is C/C(=N/NC(=N)N)[C@H]1CC[C@@]2(O)[C@@H]3CCC4CC(O)CC[C@]4(C)[C@H]3CC[C@]12C. The zero-order chi connectivity index (χ0) is 20.3. The summed E-state index contributed by atoms with van der Waals surface area (Å²) in [5.74, 6) is 1.59. The molecule has 6 nitrogen and oxygen atoms in total. The first-order valence-corrected chi connectivity index (χ1v) is 11.2.